The Labute approximate surface area is 162 Å². The van der Waals surface area contributed by atoms with E-state index < -0.39 is 11.5 Å². The molecule has 150 valence electrons. The Morgan fingerprint density at radius 3 is 2.46 bits per heavy atom. The van der Waals surface area contributed by atoms with Gasteiger partial charge in [-0.05, 0) is 70.4 Å². The second-order valence-electron chi connectivity index (χ2n) is 8.48. The zero-order chi connectivity index (χ0) is 20.5. The van der Waals surface area contributed by atoms with Crippen LogP contribution in [0.15, 0.2) is 34.2 Å². The van der Waals surface area contributed by atoms with Crippen LogP contribution in [-0.4, -0.2) is 49.5 Å². The number of H-pyrrole nitrogens is 1. The molecule has 1 fully saturated rings. The molecule has 9 heteroatoms. The molecule has 0 aliphatic carbocycles. The summed E-state index contributed by atoms with van der Waals surface area (Å²) < 4.78 is 0. The van der Waals surface area contributed by atoms with E-state index in [4.69, 9.17) is 0 Å². The predicted molar refractivity (Wildman–Crippen MR) is 106 cm³/mol. The number of carbonyl (C=O) groups is 1. The molecule has 1 amide bonds. The summed E-state index contributed by atoms with van der Waals surface area (Å²) in [6.07, 6.45) is 2.93. The van der Waals surface area contributed by atoms with Crippen LogP contribution in [0.3, 0.4) is 0 Å². The Kier molecular flexibility index (Phi) is 5.12. The highest BCUT2D eigenvalue weighted by molar-refractivity contribution is 5.92. The van der Waals surface area contributed by atoms with E-state index in [1.54, 1.807) is 12.1 Å². The van der Waals surface area contributed by atoms with E-state index in [1.165, 1.54) is 18.3 Å². The van der Waals surface area contributed by atoms with E-state index in [9.17, 15) is 14.7 Å². The van der Waals surface area contributed by atoms with Crippen LogP contribution in [0.2, 0.25) is 0 Å². The van der Waals surface area contributed by atoms with E-state index in [1.807, 2.05) is 0 Å². The maximum absolute atomic E-state index is 12.6. The molecule has 2 heterocycles. The molecule has 3 rings (SSSR count). The summed E-state index contributed by atoms with van der Waals surface area (Å²) in [6.45, 7) is 8.36. The van der Waals surface area contributed by atoms with Gasteiger partial charge in [0.1, 0.15) is 5.75 Å². The lowest BCUT2D eigenvalue weighted by Crippen LogP contribution is -2.62. The Bertz CT molecular complexity index is 923. The maximum Gasteiger partial charge on any atom is 0.320 e. The van der Waals surface area contributed by atoms with Crippen LogP contribution >= 0.6 is 0 Å². The Balaban J connectivity index is 1.71. The van der Waals surface area contributed by atoms with E-state index in [0.717, 1.165) is 17.6 Å². The molecule has 0 saturated carbocycles. The van der Waals surface area contributed by atoms with Gasteiger partial charge in [-0.1, -0.05) is 0 Å². The summed E-state index contributed by atoms with van der Waals surface area (Å²) in [4.78, 5) is 25.9. The molecule has 1 aliphatic heterocycles. The molecule has 4 N–H and O–H groups in total. The van der Waals surface area contributed by atoms with Gasteiger partial charge >= 0.3 is 5.56 Å². The number of aromatic hydroxyl groups is 1. The zero-order valence-electron chi connectivity index (χ0n) is 16.5. The largest absolute Gasteiger partial charge is 0.508 e. The highest BCUT2D eigenvalue weighted by Gasteiger charge is 2.38. The first-order chi connectivity index (χ1) is 13.0. The topological polar surface area (TPSA) is 124 Å². The molecule has 1 saturated heterocycles. The number of rotatable bonds is 4. The number of amides is 1. The molecule has 9 nitrogen and oxygen atoms in total. The van der Waals surface area contributed by atoms with Gasteiger partial charge in [-0.2, -0.15) is 10.3 Å². The van der Waals surface area contributed by atoms with E-state index in [0.29, 0.717) is 5.56 Å². The molecule has 0 radical (unpaired) electrons. The minimum Gasteiger partial charge on any atom is -0.508 e. The molecule has 0 unspecified atom stereocenters. The number of aromatic nitrogens is 3. The first kappa shape index (κ1) is 19.8. The van der Waals surface area contributed by atoms with E-state index in [-0.39, 0.29) is 28.6 Å². The number of aromatic amines is 1. The number of hydrogen-bond acceptors (Lipinski definition) is 6. The third-order valence-corrected chi connectivity index (χ3v) is 4.61. The van der Waals surface area contributed by atoms with Gasteiger partial charge in [0, 0.05) is 17.1 Å². The summed E-state index contributed by atoms with van der Waals surface area (Å²) in [5.41, 5.74) is -0.416. The van der Waals surface area contributed by atoms with Crippen molar-refractivity contribution >= 4 is 12.1 Å². The van der Waals surface area contributed by atoms with Crippen LogP contribution in [0.1, 0.15) is 56.6 Å². The molecule has 28 heavy (non-hydrogen) atoms. The predicted octanol–water partition coefficient (Wildman–Crippen LogP) is 1.20. The molecule has 0 bridgehead atoms. The van der Waals surface area contributed by atoms with Gasteiger partial charge in [0.15, 0.2) is 0 Å². The number of benzene rings is 1. The average Bonchev–Trinajstić information content (AvgIpc) is 2.92. The molecule has 2 aromatic rings. The Morgan fingerprint density at radius 1 is 1.25 bits per heavy atom. The number of piperidine rings is 1. The number of nitrogens with one attached hydrogen (secondary N) is 3. The molecule has 1 aromatic carbocycles. The lowest BCUT2D eigenvalue weighted by atomic mass is 9.79. The summed E-state index contributed by atoms with van der Waals surface area (Å²) in [7, 11) is 0. The number of carbonyl (C=O) groups excluding carboxylic acids is 1. The SMILES string of the molecule is CC1(C)CC(NC(=O)c2n[nH]n(N=Cc3ccc(O)cc3)c2=O)CC(C)(C)N1. The Hall–Kier alpha value is -2.94. The summed E-state index contributed by atoms with van der Waals surface area (Å²) in [6, 6.07) is 6.25. The van der Waals surface area contributed by atoms with Gasteiger partial charge in [-0.15, -0.1) is 9.89 Å². The van der Waals surface area contributed by atoms with Gasteiger partial charge in [0.05, 0.1) is 6.21 Å². The lowest BCUT2D eigenvalue weighted by Gasteiger charge is -2.46. The van der Waals surface area contributed by atoms with Crippen molar-refractivity contribution in [3.05, 3.63) is 45.9 Å². The first-order valence-corrected chi connectivity index (χ1v) is 9.16. The molecule has 0 atom stereocenters. The summed E-state index contributed by atoms with van der Waals surface area (Å²) in [5, 5.41) is 26.0. The average molecular weight is 386 g/mol. The molecule has 0 spiro atoms. The van der Waals surface area contributed by atoms with Crippen molar-refractivity contribution in [3.8, 4) is 5.75 Å². The van der Waals surface area contributed by atoms with Crippen molar-refractivity contribution in [1.29, 1.82) is 0 Å². The smallest absolute Gasteiger partial charge is 0.320 e. The van der Waals surface area contributed by atoms with Gasteiger partial charge in [-0.25, -0.2) is 0 Å². The highest BCUT2D eigenvalue weighted by Crippen LogP contribution is 2.28. The monoisotopic (exact) mass is 386 g/mol. The Morgan fingerprint density at radius 2 is 1.86 bits per heavy atom. The molecule has 1 aliphatic rings. The number of nitrogens with zero attached hydrogens (tertiary/aromatic N) is 3. The van der Waals surface area contributed by atoms with Crippen LogP contribution in [-0.2, 0) is 0 Å². The van der Waals surface area contributed by atoms with Gasteiger partial charge in [0.25, 0.3) is 5.91 Å². The molecular formula is C19H26N6O3. The standard InChI is InChI=1S/C19H26N6O3/c1-18(2)9-13(10-19(3,4)23-18)21-16(27)15-17(28)25(24-22-15)20-11-12-5-7-14(26)8-6-12/h5-8,11,13,23-24,26H,9-10H2,1-4H3,(H,21,27). The van der Waals surface area contributed by atoms with Crippen LogP contribution in [0.4, 0.5) is 0 Å². The van der Waals surface area contributed by atoms with Crippen molar-refractivity contribution in [2.24, 2.45) is 5.10 Å². The highest BCUT2D eigenvalue weighted by atomic mass is 16.3. The number of phenols is 1. The van der Waals surface area contributed by atoms with Crippen LogP contribution < -0.4 is 16.2 Å². The van der Waals surface area contributed by atoms with Crippen LogP contribution in [0.5, 0.6) is 5.75 Å². The van der Waals surface area contributed by atoms with Crippen LogP contribution in [0, 0.1) is 0 Å². The van der Waals surface area contributed by atoms with Crippen LogP contribution in [0.25, 0.3) is 0 Å². The normalized spacial score (nSPS) is 19.0. The third-order valence-electron chi connectivity index (χ3n) is 4.61. The molecule has 1 aromatic heterocycles. The van der Waals surface area contributed by atoms with Gasteiger partial charge in [-0.3, -0.25) is 9.59 Å². The fourth-order valence-corrected chi connectivity index (χ4v) is 3.88. The lowest BCUT2D eigenvalue weighted by molar-refractivity contribution is 0.0867. The second-order valence-corrected chi connectivity index (χ2v) is 8.48. The van der Waals surface area contributed by atoms with Crippen molar-refractivity contribution < 1.29 is 9.90 Å². The fraction of sp³-hybridized carbons (Fsp3) is 0.474. The summed E-state index contributed by atoms with van der Waals surface area (Å²) >= 11 is 0. The van der Waals surface area contributed by atoms with Crippen molar-refractivity contribution in [1.82, 2.24) is 25.7 Å². The minimum atomic E-state index is -0.625. The zero-order valence-corrected chi connectivity index (χ0v) is 16.5. The minimum absolute atomic E-state index is 0.0659. The fourth-order valence-electron chi connectivity index (χ4n) is 3.88. The van der Waals surface area contributed by atoms with Crippen molar-refractivity contribution in [3.63, 3.8) is 0 Å². The first-order valence-electron chi connectivity index (χ1n) is 9.16. The molecular weight excluding hydrogens is 360 g/mol. The maximum atomic E-state index is 12.6. The van der Waals surface area contributed by atoms with Crippen molar-refractivity contribution in [2.75, 3.05) is 0 Å². The van der Waals surface area contributed by atoms with Crippen molar-refractivity contribution in [2.45, 2.75) is 57.7 Å². The van der Waals surface area contributed by atoms with Gasteiger partial charge < -0.3 is 15.7 Å². The number of phenolic OH excluding ortho intramolecular Hbond substituents is 1. The second kappa shape index (κ2) is 7.23. The quantitative estimate of drug-likeness (QED) is 0.588. The van der Waals surface area contributed by atoms with E-state index >= 15 is 0 Å². The third kappa shape index (κ3) is 4.66. The summed E-state index contributed by atoms with van der Waals surface area (Å²) in [5.74, 6) is -0.377. The van der Waals surface area contributed by atoms with E-state index in [2.05, 4.69) is 53.7 Å². The van der Waals surface area contributed by atoms with Gasteiger partial charge in [0.2, 0.25) is 5.69 Å². The number of hydrogen-bond donors (Lipinski definition) is 4.